The van der Waals surface area contributed by atoms with Crippen molar-refractivity contribution in [1.29, 1.82) is 0 Å². The molecule has 0 atom stereocenters. The van der Waals surface area contributed by atoms with Crippen LogP contribution >= 0.6 is 0 Å². The zero-order chi connectivity index (χ0) is 10.3. The minimum absolute atomic E-state index is 0.0805. The van der Waals surface area contributed by atoms with Crippen LogP contribution in [-0.2, 0) is 9.53 Å². The Labute approximate surface area is 75.4 Å². The van der Waals surface area contributed by atoms with Crippen LogP contribution in [-0.4, -0.2) is 38.6 Å². The number of carbonyl (C=O) groups excluding carboxylic acids is 1. The number of nitrogens with two attached hydrogens (primary N) is 1. The van der Waals surface area contributed by atoms with Gasteiger partial charge in [0.05, 0.1) is 19.7 Å². The Morgan fingerprint density at radius 3 is 2.69 bits per heavy atom. The van der Waals surface area contributed by atoms with Crippen LogP contribution in [0.4, 0.5) is 8.78 Å². The van der Waals surface area contributed by atoms with Crippen molar-refractivity contribution in [3.05, 3.63) is 0 Å². The van der Waals surface area contributed by atoms with Gasteiger partial charge in [-0.1, -0.05) is 0 Å². The van der Waals surface area contributed by atoms with Gasteiger partial charge in [0.15, 0.2) is 0 Å². The van der Waals surface area contributed by atoms with Crippen molar-refractivity contribution in [2.75, 3.05) is 26.8 Å². The van der Waals surface area contributed by atoms with Crippen molar-refractivity contribution in [3.8, 4) is 0 Å². The largest absolute Gasteiger partial charge is 0.384 e. The van der Waals surface area contributed by atoms with E-state index in [2.05, 4.69) is 10.1 Å². The number of hydrogen-bond donors (Lipinski definition) is 2. The van der Waals surface area contributed by atoms with Gasteiger partial charge in [0.25, 0.3) is 5.92 Å². The van der Waals surface area contributed by atoms with Crippen molar-refractivity contribution < 1.29 is 18.3 Å². The molecule has 1 amide bonds. The van der Waals surface area contributed by atoms with E-state index >= 15 is 0 Å². The SMILES string of the molecule is COCCC(=O)NCC(F)(F)CN. The second-order valence-corrected chi connectivity index (χ2v) is 2.58. The van der Waals surface area contributed by atoms with Gasteiger partial charge in [0.1, 0.15) is 0 Å². The van der Waals surface area contributed by atoms with Crippen molar-refractivity contribution in [3.63, 3.8) is 0 Å². The Morgan fingerprint density at radius 1 is 1.62 bits per heavy atom. The maximum absolute atomic E-state index is 12.5. The van der Waals surface area contributed by atoms with Crippen molar-refractivity contribution in [2.24, 2.45) is 5.73 Å². The average Bonchev–Trinajstić information content (AvgIpc) is 2.11. The first kappa shape index (κ1) is 12.2. The second-order valence-electron chi connectivity index (χ2n) is 2.58. The van der Waals surface area contributed by atoms with E-state index in [0.717, 1.165) is 0 Å². The molecular weight excluding hydrogens is 182 g/mol. The molecule has 0 rings (SSSR count). The summed E-state index contributed by atoms with van der Waals surface area (Å²) in [5.41, 5.74) is 4.77. The standard InChI is InChI=1S/C7H14F2N2O2/c1-13-3-2-6(12)11-5-7(8,9)4-10/h2-5,10H2,1H3,(H,11,12). The van der Waals surface area contributed by atoms with Gasteiger partial charge in [0.2, 0.25) is 5.91 Å². The molecule has 0 bridgehead atoms. The molecule has 0 saturated heterocycles. The highest BCUT2D eigenvalue weighted by molar-refractivity contribution is 5.75. The van der Waals surface area contributed by atoms with Gasteiger partial charge in [-0.25, -0.2) is 8.78 Å². The number of ether oxygens (including phenoxy) is 1. The van der Waals surface area contributed by atoms with Gasteiger partial charge in [-0.15, -0.1) is 0 Å². The first-order chi connectivity index (χ1) is 6.02. The highest BCUT2D eigenvalue weighted by Crippen LogP contribution is 2.08. The fraction of sp³-hybridized carbons (Fsp3) is 0.857. The van der Waals surface area contributed by atoms with Crippen molar-refractivity contribution in [1.82, 2.24) is 5.32 Å². The summed E-state index contributed by atoms with van der Waals surface area (Å²) < 4.78 is 29.5. The summed E-state index contributed by atoms with van der Waals surface area (Å²) in [6, 6.07) is 0. The van der Waals surface area contributed by atoms with Crippen LogP contribution in [0.2, 0.25) is 0 Å². The lowest BCUT2D eigenvalue weighted by Gasteiger charge is -2.14. The summed E-state index contributed by atoms with van der Waals surface area (Å²) in [6.45, 7) is -1.26. The van der Waals surface area contributed by atoms with Crippen LogP contribution in [0.3, 0.4) is 0 Å². The quantitative estimate of drug-likeness (QED) is 0.614. The lowest BCUT2D eigenvalue weighted by atomic mass is 10.3. The second kappa shape index (κ2) is 5.82. The number of hydrogen-bond acceptors (Lipinski definition) is 3. The van der Waals surface area contributed by atoms with Gasteiger partial charge < -0.3 is 15.8 Å². The molecule has 78 valence electrons. The molecule has 13 heavy (non-hydrogen) atoms. The van der Waals surface area contributed by atoms with Gasteiger partial charge in [-0.2, -0.15) is 0 Å². The Bertz CT molecular complexity index is 165. The van der Waals surface area contributed by atoms with E-state index in [1.54, 1.807) is 0 Å². The van der Waals surface area contributed by atoms with Crippen LogP contribution in [0.5, 0.6) is 0 Å². The summed E-state index contributed by atoms with van der Waals surface area (Å²) in [7, 11) is 1.43. The molecular formula is C7H14F2N2O2. The molecule has 0 fully saturated rings. The monoisotopic (exact) mass is 196 g/mol. The third-order valence-electron chi connectivity index (χ3n) is 1.38. The Morgan fingerprint density at radius 2 is 2.23 bits per heavy atom. The number of alkyl halides is 2. The van der Waals surface area contributed by atoms with Crippen LogP contribution in [0.1, 0.15) is 6.42 Å². The van der Waals surface area contributed by atoms with Crippen LogP contribution in [0.15, 0.2) is 0 Å². The summed E-state index contributed by atoms with van der Waals surface area (Å²) in [5.74, 6) is -3.49. The Balaban J connectivity index is 3.57. The number of amides is 1. The Hall–Kier alpha value is -0.750. The van der Waals surface area contributed by atoms with Crippen LogP contribution in [0, 0.1) is 0 Å². The molecule has 0 aliphatic rings. The molecule has 6 heteroatoms. The maximum Gasteiger partial charge on any atom is 0.277 e. The van der Waals surface area contributed by atoms with Crippen molar-refractivity contribution in [2.45, 2.75) is 12.3 Å². The fourth-order valence-corrected chi connectivity index (χ4v) is 0.583. The Kier molecular flexibility index (Phi) is 5.48. The van der Waals surface area contributed by atoms with Gasteiger partial charge in [-0.3, -0.25) is 4.79 Å². The number of carbonyl (C=O) groups is 1. The minimum Gasteiger partial charge on any atom is -0.384 e. The molecule has 0 spiro atoms. The molecule has 0 aromatic rings. The molecule has 3 N–H and O–H groups in total. The average molecular weight is 196 g/mol. The van der Waals surface area contributed by atoms with E-state index in [0.29, 0.717) is 0 Å². The van der Waals surface area contributed by atoms with E-state index in [1.165, 1.54) is 7.11 Å². The van der Waals surface area contributed by atoms with Gasteiger partial charge in [-0.05, 0) is 0 Å². The zero-order valence-corrected chi connectivity index (χ0v) is 7.48. The smallest absolute Gasteiger partial charge is 0.277 e. The molecule has 4 nitrogen and oxygen atoms in total. The van der Waals surface area contributed by atoms with E-state index < -0.39 is 24.9 Å². The zero-order valence-electron chi connectivity index (χ0n) is 7.48. The van der Waals surface area contributed by atoms with Gasteiger partial charge in [0, 0.05) is 13.5 Å². The summed E-state index contributed by atoms with van der Waals surface area (Å²) >= 11 is 0. The highest BCUT2D eigenvalue weighted by atomic mass is 19.3. The molecule has 0 aliphatic carbocycles. The van der Waals surface area contributed by atoms with Crippen LogP contribution in [0.25, 0.3) is 0 Å². The lowest BCUT2D eigenvalue weighted by Crippen LogP contribution is -2.41. The van der Waals surface area contributed by atoms with E-state index in [4.69, 9.17) is 5.73 Å². The first-order valence-corrected chi connectivity index (χ1v) is 3.85. The molecule has 0 saturated carbocycles. The molecule has 0 radical (unpaired) electrons. The van der Waals surface area contributed by atoms with Crippen LogP contribution < -0.4 is 11.1 Å². The number of nitrogens with one attached hydrogen (secondary N) is 1. The normalized spacial score (nSPS) is 11.4. The predicted octanol–water partition coefficient (Wildman–Crippen LogP) is -0.267. The molecule has 0 aromatic carbocycles. The predicted molar refractivity (Wildman–Crippen MR) is 43.5 cm³/mol. The summed E-state index contributed by atoms with van der Waals surface area (Å²) in [4.78, 5) is 10.8. The molecule has 0 unspecified atom stereocenters. The number of halogens is 2. The topological polar surface area (TPSA) is 64.3 Å². The number of rotatable bonds is 6. The minimum atomic E-state index is -3.03. The van der Waals surface area contributed by atoms with E-state index in [-0.39, 0.29) is 13.0 Å². The molecule has 0 heterocycles. The third-order valence-corrected chi connectivity index (χ3v) is 1.38. The highest BCUT2D eigenvalue weighted by Gasteiger charge is 2.26. The summed E-state index contributed by atoms with van der Waals surface area (Å²) in [6.07, 6.45) is 0.0805. The van der Waals surface area contributed by atoms with E-state index in [1.807, 2.05) is 0 Å². The number of methoxy groups -OCH3 is 1. The molecule has 0 aromatic heterocycles. The van der Waals surface area contributed by atoms with E-state index in [9.17, 15) is 13.6 Å². The lowest BCUT2D eigenvalue weighted by molar-refractivity contribution is -0.123. The third kappa shape index (κ3) is 6.41. The molecule has 0 aliphatic heterocycles. The van der Waals surface area contributed by atoms with Gasteiger partial charge >= 0.3 is 0 Å². The van der Waals surface area contributed by atoms with Crippen molar-refractivity contribution >= 4 is 5.91 Å². The fourth-order valence-electron chi connectivity index (χ4n) is 0.583. The maximum atomic E-state index is 12.5. The first-order valence-electron chi connectivity index (χ1n) is 3.85. The summed E-state index contributed by atoms with van der Waals surface area (Å²) in [5, 5.41) is 2.06.